The van der Waals surface area contributed by atoms with Gasteiger partial charge in [0.25, 0.3) is 0 Å². The first kappa shape index (κ1) is 15.8. The molecule has 0 amide bonds. The monoisotopic (exact) mass is 354 g/mol. The highest BCUT2D eigenvalue weighted by Crippen LogP contribution is 2.36. The number of ether oxygens (including phenoxy) is 2. The van der Waals surface area contributed by atoms with E-state index in [2.05, 4.69) is 9.97 Å². The lowest BCUT2D eigenvalue weighted by atomic mass is 10.0. The van der Waals surface area contributed by atoms with Gasteiger partial charge in [-0.3, -0.25) is 0 Å². The second-order valence-corrected chi connectivity index (χ2v) is 6.07. The first-order chi connectivity index (χ1) is 12.1. The average Bonchev–Trinajstić information content (AvgIpc) is 2.61. The Labute approximate surface area is 149 Å². The van der Waals surface area contributed by atoms with Crippen molar-refractivity contribution in [1.82, 2.24) is 9.97 Å². The molecule has 0 spiro atoms. The number of aromatic nitrogens is 2. The van der Waals surface area contributed by atoms with E-state index >= 15 is 0 Å². The zero-order chi connectivity index (χ0) is 17.4. The maximum Gasteiger partial charge on any atom is 0.205 e. The van der Waals surface area contributed by atoms with Gasteiger partial charge in [-0.2, -0.15) is 0 Å². The zero-order valence-electron chi connectivity index (χ0n) is 13.5. The molecule has 2 aromatic carbocycles. The van der Waals surface area contributed by atoms with Crippen LogP contribution in [0, 0.1) is 10.5 Å². The van der Waals surface area contributed by atoms with E-state index in [0.717, 1.165) is 22.4 Å². The number of rotatable bonds is 3. The number of fused-ring (bicyclic) bond motifs is 2. The van der Waals surface area contributed by atoms with Gasteiger partial charge in [-0.15, -0.1) is 0 Å². The predicted molar refractivity (Wildman–Crippen MR) is 95.3 cm³/mol. The van der Waals surface area contributed by atoms with Crippen LogP contribution < -0.4 is 9.47 Å². The Kier molecular flexibility index (Phi) is 3.97. The molecule has 1 aromatic heterocycles. The molecule has 6 heteroatoms. The van der Waals surface area contributed by atoms with Crippen molar-refractivity contribution in [3.63, 3.8) is 0 Å². The number of nitrogens with one attached hydrogen (secondary N) is 1. The van der Waals surface area contributed by atoms with Gasteiger partial charge in [0.15, 0.2) is 0 Å². The van der Waals surface area contributed by atoms with E-state index in [1.165, 1.54) is 12.1 Å². The fourth-order valence-corrected chi connectivity index (χ4v) is 3.07. The molecule has 0 saturated heterocycles. The normalized spacial score (nSPS) is 12.1. The summed E-state index contributed by atoms with van der Waals surface area (Å²) in [7, 11) is 0. The van der Waals surface area contributed by atoms with Gasteiger partial charge in [-0.05, 0) is 49.4 Å². The molecule has 0 unspecified atom stereocenters. The molecule has 0 bridgehead atoms. The van der Waals surface area contributed by atoms with Crippen LogP contribution in [0.25, 0.3) is 11.4 Å². The summed E-state index contributed by atoms with van der Waals surface area (Å²) in [6.07, 6.45) is 0.494. The van der Waals surface area contributed by atoms with E-state index in [9.17, 15) is 4.39 Å². The van der Waals surface area contributed by atoms with E-state index in [1.54, 1.807) is 6.07 Å². The van der Waals surface area contributed by atoms with Gasteiger partial charge in [-0.25, -0.2) is 9.37 Å². The lowest BCUT2D eigenvalue weighted by molar-refractivity contribution is 0.340. The third-order valence-electron chi connectivity index (χ3n) is 4.02. The number of aromatic amines is 1. The second-order valence-electron chi connectivity index (χ2n) is 5.69. The Morgan fingerprint density at radius 2 is 2.04 bits per heavy atom. The predicted octanol–water partition coefficient (Wildman–Crippen LogP) is 5.04. The van der Waals surface area contributed by atoms with Crippen LogP contribution in [0.15, 0.2) is 42.5 Å². The van der Waals surface area contributed by atoms with Crippen molar-refractivity contribution in [2.75, 3.05) is 6.61 Å². The second kappa shape index (κ2) is 6.29. The molecule has 4 nitrogen and oxygen atoms in total. The molecular weight excluding hydrogens is 339 g/mol. The number of hydrogen-bond acceptors (Lipinski definition) is 4. The van der Waals surface area contributed by atoms with E-state index < -0.39 is 0 Å². The molecule has 126 valence electrons. The third kappa shape index (κ3) is 3.00. The van der Waals surface area contributed by atoms with Gasteiger partial charge in [0, 0.05) is 17.5 Å². The number of nitrogens with zero attached hydrogens (tertiary/aromatic N) is 1. The van der Waals surface area contributed by atoms with E-state index in [1.807, 2.05) is 31.2 Å². The zero-order valence-corrected chi connectivity index (χ0v) is 14.3. The van der Waals surface area contributed by atoms with E-state index in [4.69, 9.17) is 21.7 Å². The fraction of sp³-hybridized carbons (Fsp3) is 0.158. The van der Waals surface area contributed by atoms with Gasteiger partial charge in [0.05, 0.1) is 12.2 Å². The minimum atomic E-state index is -0.292. The third-order valence-corrected chi connectivity index (χ3v) is 4.36. The molecule has 25 heavy (non-hydrogen) atoms. The van der Waals surface area contributed by atoms with Crippen LogP contribution in [-0.2, 0) is 6.42 Å². The Hall–Kier alpha value is -2.73. The Balaban J connectivity index is 1.72. The summed E-state index contributed by atoms with van der Waals surface area (Å²) in [6.45, 7) is 2.56. The van der Waals surface area contributed by atoms with Crippen molar-refractivity contribution >= 4 is 12.2 Å². The van der Waals surface area contributed by atoms with Gasteiger partial charge < -0.3 is 14.5 Å². The Morgan fingerprint density at radius 1 is 1.24 bits per heavy atom. The van der Waals surface area contributed by atoms with Gasteiger partial charge >= 0.3 is 0 Å². The first-order valence-corrected chi connectivity index (χ1v) is 8.37. The van der Waals surface area contributed by atoms with Crippen molar-refractivity contribution in [2.45, 2.75) is 13.3 Å². The lowest BCUT2D eigenvalue weighted by Gasteiger charge is -2.20. The summed E-state index contributed by atoms with van der Waals surface area (Å²) in [6, 6.07) is 12.1. The molecule has 0 atom stereocenters. The maximum atomic E-state index is 13.4. The first-order valence-electron chi connectivity index (χ1n) is 7.96. The summed E-state index contributed by atoms with van der Waals surface area (Å²) in [5.41, 5.74) is 2.41. The Bertz CT molecular complexity index is 999. The molecule has 0 fully saturated rings. The highest BCUT2D eigenvalue weighted by Gasteiger charge is 2.21. The highest BCUT2D eigenvalue weighted by atomic mass is 32.1. The van der Waals surface area contributed by atoms with Crippen LogP contribution in [0.4, 0.5) is 4.39 Å². The van der Waals surface area contributed by atoms with Gasteiger partial charge in [-0.1, -0.05) is 12.2 Å². The smallest absolute Gasteiger partial charge is 0.205 e. The summed E-state index contributed by atoms with van der Waals surface area (Å²) in [4.78, 5) is 7.67. The minimum absolute atomic E-state index is 0.292. The van der Waals surface area contributed by atoms with E-state index in [-0.39, 0.29) is 5.82 Å². The Morgan fingerprint density at radius 3 is 2.80 bits per heavy atom. The van der Waals surface area contributed by atoms with Gasteiger partial charge in [0.1, 0.15) is 27.8 Å². The number of H-pyrrole nitrogens is 1. The standard InChI is InChI=1S/C19H15FN2O2S/c1-2-23-14-6-3-11(4-7-14)17-21-18-15(19(25)22-17)10-12-9-13(20)5-8-16(12)24-18/h3-9H,2,10H2,1H3,(H,21,22,25). The molecule has 0 radical (unpaired) electrons. The topological polar surface area (TPSA) is 47.1 Å². The average molecular weight is 354 g/mol. The SMILES string of the molecule is CCOc1ccc(-c2nc(=S)c3c([nH]2)Oc2ccc(F)cc2C3)cc1. The van der Waals surface area contributed by atoms with Crippen LogP contribution in [0.5, 0.6) is 17.4 Å². The summed E-state index contributed by atoms with van der Waals surface area (Å²) in [5.74, 6) is 2.32. The van der Waals surface area contributed by atoms with Crippen molar-refractivity contribution < 1.29 is 13.9 Å². The van der Waals surface area contributed by atoms with Crippen LogP contribution in [0.3, 0.4) is 0 Å². The summed E-state index contributed by atoms with van der Waals surface area (Å²) in [5, 5.41) is 0. The molecule has 1 aliphatic heterocycles. The highest BCUT2D eigenvalue weighted by molar-refractivity contribution is 7.71. The van der Waals surface area contributed by atoms with Crippen molar-refractivity contribution in [2.24, 2.45) is 0 Å². The molecule has 4 rings (SSSR count). The largest absolute Gasteiger partial charge is 0.494 e. The molecular formula is C19H15FN2O2S. The fourth-order valence-electron chi connectivity index (χ4n) is 2.82. The van der Waals surface area contributed by atoms with Crippen molar-refractivity contribution in [1.29, 1.82) is 0 Å². The molecule has 1 N–H and O–H groups in total. The lowest BCUT2D eigenvalue weighted by Crippen LogP contribution is -2.08. The van der Waals surface area contributed by atoms with Crippen LogP contribution >= 0.6 is 12.2 Å². The van der Waals surface area contributed by atoms with Gasteiger partial charge in [0.2, 0.25) is 5.88 Å². The van der Waals surface area contributed by atoms with Crippen LogP contribution in [0.2, 0.25) is 0 Å². The molecule has 1 aliphatic rings. The summed E-state index contributed by atoms with van der Waals surface area (Å²) < 4.78 is 25.2. The molecule has 3 aromatic rings. The molecule has 0 aliphatic carbocycles. The van der Waals surface area contributed by atoms with Crippen LogP contribution in [0.1, 0.15) is 18.1 Å². The number of benzene rings is 2. The summed E-state index contributed by atoms with van der Waals surface area (Å²) >= 11 is 5.43. The number of hydrogen-bond donors (Lipinski definition) is 1. The van der Waals surface area contributed by atoms with E-state index in [0.29, 0.717) is 35.1 Å². The molecule has 2 heterocycles. The minimum Gasteiger partial charge on any atom is -0.494 e. The maximum absolute atomic E-state index is 13.4. The van der Waals surface area contributed by atoms with Crippen molar-refractivity contribution in [3.05, 3.63) is 64.0 Å². The van der Waals surface area contributed by atoms with Crippen molar-refractivity contribution in [3.8, 4) is 28.8 Å². The number of halogens is 1. The van der Waals surface area contributed by atoms with Crippen LogP contribution in [-0.4, -0.2) is 16.6 Å². The molecule has 0 saturated carbocycles. The quantitative estimate of drug-likeness (QED) is 0.524.